The van der Waals surface area contributed by atoms with E-state index < -0.39 is 0 Å². The van der Waals surface area contributed by atoms with E-state index in [0.717, 1.165) is 11.1 Å². The molecule has 0 radical (unpaired) electrons. The van der Waals surface area contributed by atoms with E-state index in [2.05, 4.69) is 16.1 Å². The third kappa shape index (κ3) is 3.28. The number of hydrogen-bond donors (Lipinski definition) is 0. The minimum Gasteiger partial charge on any atom is -0.444 e. The summed E-state index contributed by atoms with van der Waals surface area (Å²) in [7, 11) is 1.88. The number of rotatable bonds is 3. The highest BCUT2D eigenvalue weighted by atomic mass is 19.1. The Morgan fingerprint density at radius 2 is 1.97 bits per heavy atom. The summed E-state index contributed by atoms with van der Waals surface area (Å²) in [5.41, 5.74) is 4.23. The van der Waals surface area contributed by atoms with Crippen molar-refractivity contribution < 1.29 is 13.6 Å². The number of benzene rings is 2. The van der Waals surface area contributed by atoms with Crippen molar-refractivity contribution >= 4 is 5.91 Å². The van der Waals surface area contributed by atoms with Crippen molar-refractivity contribution in [2.45, 2.75) is 12.5 Å². The largest absolute Gasteiger partial charge is 0.444 e. The van der Waals surface area contributed by atoms with Gasteiger partial charge in [-0.25, -0.2) is 9.37 Å². The molecule has 1 aliphatic rings. The molecule has 1 atom stereocenters. The molecule has 0 N–H and O–H groups in total. The van der Waals surface area contributed by atoms with Crippen LogP contribution in [-0.4, -0.2) is 32.1 Å². The summed E-state index contributed by atoms with van der Waals surface area (Å²) in [4.78, 5) is 19.3. The molecule has 1 unspecified atom stereocenters. The van der Waals surface area contributed by atoms with Crippen molar-refractivity contribution in [2.75, 3.05) is 6.54 Å². The molecule has 1 aliphatic heterocycles. The molecule has 0 fully saturated rings. The van der Waals surface area contributed by atoms with Gasteiger partial charge < -0.3 is 9.32 Å². The number of oxazole rings is 1. The second-order valence-corrected chi connectivity index (χ2v) is 7.43. The van der Waals surface area contributed by atoms with Gasteiger partial charge in [0.2, 0.25) is 5.89 Å². The Morgan fingerprint density at radius 1 is 1.17 bits per heavy atom. The van der Waals surface area contributed by atoms with Crippen LogP contribution in [0.1, 0.15) is 33.1 Å². The molecule has 0 aliphatic carbocycles. The molecule has 0 spiro atoms. The van der Waals surface area contributed by atoms with Crippen LogP contribution < -0.4 is 0 Å². The van der Waals surface area contributed by atoms with Gasteiger partial charge in [-0.05, 0) is 41.0 Å². The Morgan fingerprint density at radius 3 is 2.73 bits per heavy atom. The number of aryl methyl sites for hydroxylation is 1. The highest BCUT2D eigenvalue weighted by Gasteiger charge is 2.31. The molecule has 1 amide bonds. The van der Waals surface area contributed by atoms with Gasteiger partial charge in [0.15, 0.2) is 5.69 Å². The Labute approximate surface area is 172 Å². The van der Waals surface area contributed by atoms with Gasteiger partial charge in [-0.15, -0.1) is 0 Å². The van der Waals surface area contributed by atoms with Crippen molar-refractivity contribution in [3.05, 3.63) is 95.4 Å². The number of aromatic nitrogens is 3. The molecule has 3 heterocycles. The van der Waals surface area contributed by atoms with Crippen molar-refractivity contribution in [3.63, 3.8) is 0 Å². The maximum atomic E-state index is 13.2. The van der Waals surface area contributed by atoms with E-state index in [1.807, 2.05) is 37.6 Å². The summed E-state index contributed by atoms with van der Waals surface area (Å²) < 4.78 is 20.4. The summed E-state index contributed by atoms with van der Waals surface area (Å²) in [6, 6.07) is 14.0. The number of nitrogens with zero attached hydrogens (tertiary/aromatic N) is 4. The van der Waals surface area contributed by atoms with Gasteiger partial charge in [-0.3, -0.25) is 9.48 Å². The number of halogens is 1. The van der Waals surface area contributed by atoms with Gasteiger partial charge in [-0.1, -0.05) is 24.3 Å². The van der Waals surface area contributed by atoms with E-state index in [1.54, 1.807) is 21.7 Å². The quantitative estimate of drug-likeness (QED) is 0.520. The molecule has 6 nitrogen and oxygen atoms in total. The fraction of sp³-hybridized carbons (Fsp3) is 0.174. The van der Waals surface area contributed by atoms with Crippen molar-refractivity contribution in [1.82, 2.24) is 19.7 Å². The number of carbonyl (C=O) groups excluding carboxylic acids is 1. The average molecular weight is 402 g/mol. The number of fused-ring (bicyclic) bond motifs is 1. The van der Waals surface area contributed by atoms with Gasteiger partial charge >= 0.3 is 0 Å². The first-order valence-corrected chi connectivity index (χ1v) is 9.65. The summed E-state index contributed by atoms with van der Waals surface area (Å²) in [6.07, 6.45) is 5.19. The zero-order valence-electron chi connectivity index (χ0n) is 16.3. The molecule has 7 heteroatoms. The smallest absolute Gasteiger partial charge is 0.276 e. The molecular formula is C23H19FN4O2. The van der Waals surface area contributed by atoms with Crippen LogP contribution in [0.3, 0.4) is 0 Å². The number of amides is 1. The molecule has 0 bridgehead atoms. The minimum atomic E-state index is -0.338. The monoisotopic (exact) mass is 402 g/mol. The molecule has 2 aromatic heterocycles. The van der Waals surface area contributed by atoms with Crippen LogP contribution in [0.2, 0.25) is 0 Å². The van der Waals surface area contributed by atoms with E-state index in [4.69, 9.17) is 4.42 Å². The van der Waals surface area contributed by atoms with Crippen LogP contribution in [0, 0.1) is 5.82 Å². The number of carbonyl (C=O) groups is 1. The lowest BCUT2D eigenvalue weighted by Crippen LogP contribution is -2.38. The van der Waals surface area contributed by atoms with E-state index in [-0.39, 0.29) is 23.3 Å². The zero-order chi connectivity index (χ0) is 20.7. The van der Waals surface area contributed by atoms with Crippen LogP contribution in [0.25, 0.3) is 11.5 Å². The van der Waals surface area contributed by atoms with Crippen LogP contribution in [0.15, 0.2) is 71.6 Å². The maximum absolute atomic E-state index is 13.2. The predicted molar refractivity (Wildman–Crippen MR) is 108 cm³/mol. The lowest BCUT2D eigenvalue weighted by Gasteiger charge is -2.34. The molecule has 5 rings (SSSR count). The SMILES string of the molecule is Cn1cc(C2CN(C(=O)c3coc(-c4ccc(F)cc4)n3)Cc3ccccc32)cn1. The van der Waals surface area contributed by atoms with Crippen LogP contribution in [0.5, 0.6) is 0 Å². The Kier molecular flexibility index (Phi) is 4.43. The van der Waals surface area contributed by atoms with E-state index in [1.165, 1.54) is 24.0 Å². The Balaban J connectivity index is 1.44. The third-order valence-corrected chi connectivity index (χ3v) is 5.42. The highest BCUT2D eigenvalue weighted by molar-refractivity contribution is 5.92. The maximum Gasteiger partial charge on any atom is 0.276 e. The molecule has 150 valence electrons. The number of hydrogen-bond acceptors (Lipinski definition) is 4. The fourth-order valence-corrected chi connectivity index (χ4v) is 3.93. The second-order valence-electron chi connectivity index (χ2n) is 7.43. The van der Waals surface area contributed by atoms with E-state index in [9.17, 15) is 9.18 Å². The summed E-state index contributed by atoms with van der Waals surface area (Å²) in [5, 5.41) is 4.30. The molecule has 4 aromatic rings. The molecule has 30 heavy (non-hydrogen) atoms. The Bertz CT molecular complexity index is 1210. The lowest BCUT2D eigenvalue weighted by molar-refractivity contribution is 0.0719. The van der Waals surface area contributed by atoms with Gasteiger partial charge in [-0.2, -0.15) is 5.10 Å². The molecule has 0 saturated heterocycles. The van der Waals surface area contributed by atoms with Gasteiger partial charge in [0.05, 0.1) is 6.20 Å². The lowest BCUT2D eigenvalue weighted by atomic mass is 9.86. The first-order chi connectivity index (χ1) is 14.6. The summed E-state index contributed by atoms with van der Waals surface area (Å²) in [5.74, 6) is -0.207. The van der Waals surface area contributed by atoms with E-state index in [0.29, 0.717) is 24.5 Å². The third-order valence-electron chi connectivity index (χ3n) is 5.42. The van der Waals surface area contributed by atoms with Crippen molar-refractivity contribution in [1.29, 1.82) is 0 Å². The minimum absolute atomic E-state index is 0.0380. The fourth-order valence-electron chi connectivity index (χ4n) is 3.93. The second kappa shape index (κ2) is 7.26. The molecule has 2 aromatic carbocycles. The standard InChI is InChI=1S/C23H19FN4O2/c1-27-11-17(10-25-27)20-13-28(12-16-4-2-3-5-19(16)20)23(29)21-14-30-22(26-21)15-6-8-18(24)9-7-15/h2-11,14,20H,12-13H2,1H3. The van der Waals surface area contributed by atoms with E-state index >= 15 is 0 Å². The highest BCUT2D eigenvalue weighted by Crippen LogP contribution is 2.34. The van der Waals surface area contributed by atoms with Crippen LogP contribution in [0.4, 0.5) is 4.39 Å². The zero-order valence-corrected chi connectivity index (χ0v) is 16.3. The topological polar surface area (TPSA) is 64.2 Å². The van der Waals surface area contributed by atoms with Gasteiger partial charge in [0.25, 0.3) is 5.91 Å². The van der Waals surface area contributed by atoms with Gasteiger partial charge in [0.1, 0.15) is 12.1 Å². The van der Waals surface area contributed by atoms with Crippen LogP contribution in [-0.2, 0) is 13.6 Å². The first kappa shape index (κ1) is 18.3. The van der Waals surface area contributed by atoms with Crippen molar-refractivity contribution in [3.8, 4) is 11.5 Å². The normalized spacial score (nSPS) is 15.8. The Hall–Kier alpha value is -3.74. The molecule has 0 saturated carbocycles. The summed E-state index contributed by atoms with van der Waals surface area (Å²) >= 11 is 0. The van der Waals surface area contributed by atoms with Crippen molar-refractivity contribution in [2.24, 2.45) is 7.05 Å². The first-order valence-electron chi connectivity index (χ1n) is 9.65. The predicted octanol–water partition coefficient (Wildman–Crippen LogP) is 4.00. The van der Waals surface area contributed by atoms with Gasteiger partial charge in [0, 0.05) is 37.8 Å². The summed E-state index contributed by atoms with van der Waals surface area (Å²) in [6.45, 7) is 1.03. The average Bonchev–Trinajstić information content (AvgIpc) is 3.42. The van der Waals surface area contributed by atoms with Crippen LogP contribution >= 0.6 is 0 Å². The molecular weight excluding hydrogens is 383 g/mol.